The average Bonchev–Trinajstić information content (AvgIpc) is 2.10. The molecule has 1 aromatic rings. The van der Waals surface area contributed by atoms with Crippen molar-refractivity contribution in [2.75, 3.05) is 0 Å². The van der Waals surface area contributed by atoms with Gasteiger partial charge < -0.3 is 0 Å². The molecule has 0 spiro atoms. The first-order valence-electron chi connectivity index (χ1n) is 2.71. The molecule has 0 saturated carbocycles. The van der Waals surface area contributed by atoms with Crippen molar-refractivity contribution in [3.05, 3.63) is 17.5 Å². The molecule has 0 aliphatic heterocycles. The van der Waals surface area contributed by atoms with Gasteiger partial charge in [-0.15, -0.1) is 6.42 Å². The van der Waals surface area contributed by atoms with Gasteiger partial charge in [-0.1, -0.05) is 13.3 Å². The summed E-state index contributed by atoms with van der Waals surface area (Å²) in [7, 11) is 1.86. The van der Waals surface area contributed by atoms with E-state index >= 15 is 0 Å². The number of aryl methyl sites for hydroxylation is 2. The Balaban J connectivity index is 0.000000810. The number of terminal acetylenes is 1. The van der Waals surface area contributed by atoms with Gasteiger partial charge in [0.05, 0.1) is 11.3 Å². The van der Waals surface area contributed by atoms with Crippen molar-refractivity contribution in [1.82, 2.24) is 9.78 Å². The minimum atomic E-state index is 0. The second-order valence-corrected chi connectivity index (χ2v) is 1.95. The number of nitrogens with zero attached hydrogens (tertiary/aromatic N) is 2. The molecule has 0 aromatic carbocycles. The summed E-state index contributed by atoms with van der Waals surface area (Å²) in [6.45, 7) is 1.90. The SMILES string of the molecule is C.C#Cc1cn(C)nc1C. The predicted octanol–water partition coefficient (Wildman–Crippen LogP) is 1.35. The van der Waals surface area contributed by atoms with Crippen LogP contribution in [0.25, 0.3) is 0 Å². The summed E-state index contributed by atoms with van der Waals surface area (Å²) in [5.41, 5.74) is 1.79. The summed E-state index contributed by atoms with van der Waals surface area (Å²) in [4.78, 5) is 0. The van der Waals surface area contributed by atoms with Crippen LogP contribution in [0.15, 0.2) is 6.20 Å². The molecule has 0 N–H and O–H groups in total. The zero-order valence-electron chi connectivity index (χ0n) is 5.55. The van der Waals surface area contributed by atoms with Crippen LogP contribution in [0.4, 0.5) is 0 Å². The third-order valence-electron chi connectivity index (χ3n) is 1.17. The molecule has 1 aromatic heterocycles. The average molecular weight is 136 g/mol. The van der Waals surface area contributed by atoms with E-state index in [1.165, 1.54) is 0 Å². The van der Waals surface area contributed by atoms with Crippen LogP contribution >= 0.6 is 0 Å². The lowest BCUT2D eigenvalue weighted by Gasteiger charge is -1.79. The van der Waals surface area contributed by atoms with Gasteiger partial charge in [-0.05, 0) is 6.92 Å². The quantitative estimate of drug-likeness (QED) is 0.492. The normalized spacial score (nSPS) is 8.10. The molecular weight excluding hydrogens is 124 g/mol. The van der Waals surface area contributed by atoms with E-state index in [-0.39, 0.29) is 7.43 Å². The highest BCUT2D eigenvalue weighted by atomic mass is 15.2. The molecule has 2 heteroatoms. The maximum Gasteiger partial charge on any atom is 0.0749 e. The standard InChI is InChI=1S/C7H8N2.CH4/c1-4-7-5-9(3)8-6(7)2;/h1,5H,2-3H3;1H4. The molecule has 0 aliphatic carbocycles. The number of hydrogen-bond donors (Lipinski definition) is 0. The van der Waals surface area contributed by atoms with Crippen LogP contribution in [0.5, 0.6) is 0 Å². The molecular formula is C8H12N2. The highest BCUT2D eigenvalue weighted by Crippen LogP contribution is 2.00. The van der Waals surface area contributed by atoms with Crippen LogP contribution in [0, 0.1) is 19.3 Å². The van der Waals surface area contributed by atoms with E-state index in [0.29, 0.717) is 0 Å². The summed E-state index contributed by atoms with van der Waals surface area (Å²) < 4.78 is 1.71. The minimum Gasteiger partial charge on any atom is -0.274 e. The molecule has 0 saturated heterocycles. The number of hydrogen-bond acceptors (Lipinski definition) is 1. The van der Waals surface area contributed by atoms with Crippen LogP contribution in [-0.4, -0.2) is 9.78 Å². The van der Waals surface area contributed by atoms with Crippen molar-refractivity contribution < 1.29 is 0 Å². The second kappa shape index (κ2) is 3.07. The summed E-state index contributed by atoms with van der Waals surface area (Å²) >= 11 is 0. The molecule has 0 bridgehead atoms. The van der Waals surface area contributed by atoms with Gasteiger partial charge in [0.15, 0.2) is 0 Å². The first-order valence-corrected chi connectivity index (χ1v) is 2.71. The molecule has 0 fully saturated rings. The molecule has 10 heavy (non-hydrogen) atoms. The van der Waals surface area contributed by atoms with Crippen molar-refractivity contribution in [3.63, 3.8) is 0 Å². The Morgan fingerprint density at radius 3 is 2.50 bits per heavy atom. The van der Waals surface area contributed by atoms with E-state index < -0.39 is 0 Å². The lowest BCUT2D eigenvalue weighted by Crippen LogP contribution is -1.86. The monoisotopic (exact) mass is 136 g/mol. The Morgan fingerprint density at radius 2 is 2.30 bits per heavy atom. The predicted molar refractivity (Wildman–Crippen MR) is 42.6 cm³/mol. The Bertz CT molecular complexity index is 253. The Morgan fingerprint density at radius 1 is 1.70 bits per heavy atom. The third kappa shape index (κ3) is 1.38. The Hall–Kier alpha value is -1.23. The van der Waals surface area contributed by atoms with Crippen LogP contribution in [0.3, 0.4) is 0 Å². The first kappa shape index (κ1) is 8.77. The molecule has 0 unspecified atom stereocenters. The summed E-state index contributed by atoms with van der Waals surface area (Å²) in [5, 5.41) is 4.06. The molecule has 0 aliphatic rings. The van der Waals surface area contributed by atoms with Crippen LogP contribution in [-0.2, 0) is 7.05 Å². The fourth-order valence-electron chi connectivity index (χ4n) is 0.741. The van der Waals surface area contributed by atoms with Crippen LogP contribution < -0.4 is 0 Å². The fourth-order valence-corrected chi connectivity index (χ4v) is 0.741. The van der Waals surface area contributed by atoms with E-state index in [9.17, 15) is 0 Å². The summed E-state index contributed by atoms with van der Waals surface area (Å²) in [6.07, 6.45) is 6.99. The van der Waals surface area contributed by atoms with Gasteiger partial charge in [0, 0.05) is 13.2 Å². The maximum atomic E-state index is 5.16. The van der Waals surface area contributed by atoms with Crippen molar-refractivity contribution >= 4 is 0 Å². The molecule has 0 atom stereocenters. The highest BCUT2D eigenvalue weighted by molar-refractivity contribution is 5.32. The lowest BCUT2D eigenvalue weighted by atomic mass is 10.3. The van der Waals surface area contributed by atoms with E-state index in [1.54, 1.807) is 4.68 Å². The van der Waals surface area contributed by atoms with Gasteiger partial charge in [-0.25, -0.2) is 0 Å². The Labute approximate surface area is 61.9 Å². The second-order valence-electron chi connectivity index (χ2n) is 1.95. The molecule has 0 radical (unpaired) electrons. The maximum absolute atomic E-state index is 5.16. The van der Waals surface area contributed by atoms with Crippen molar-refractivity contribution in [2.24, 2.45) is 7.05 Å². The Kier molecular flexibility index (Phi) is 2.69. The van der Waals surface area contributed by atoms with E-state index in [0.717, 1.165) is 11.3 Å². The molecule has 1 rings (SSSR count). The zero-order valence-corrected chi connectivity index (χ0v) is 5.55. The smallest absolute Gasteiger partial charge is 0.0749 e. The van der Waals surface area contributed by atoms with Crippen LogP contribution in [0.1, 0.15) is 18.7 Å². The summed E-state index contributed by atoms with van der Waals surface area (Å²) in [6, 6.07) is 0. The molecule has 54 valence electrons. The highest BCUT2D eigenvalue weighted by Gasteiger charge is 1.96. The summed E-state index contributed by atoms with van der Waals surface area (Å²) in [5.74, 6) is 2.53. The van der Waals surface area contributed by atoms with Gasteiger partial charge in [-0.3, -0.25) is 4.68 Å². The molecule has 1 heterocycles. The lowest BCUT2D eigenvalue weighted by molar-refractivity contribution is 0.756. The third-order valence-corrected chi connectivity index (χ3v) is 1.17. The first-order chi connectivity index (χ1) is 4.24. The number of rotatable bonds is 0. The van der Waals surface area contributed by atoms with Crippen molar-refractivity contribution in [1.29, 1.82) is 0 Å². The van der Waals surface area contributed by atoms with Gasteiger partial charge >= 0.3 is 0 Å². The fraction of sp³-hybridized carbons (Fsp3) is 0.375. The molecule has 0 amide bonds. The van der Waals surface area contributed by atoms with E-state index in [4.69, 9.17) is 6.42 Å². The van der Waals surface area contributed by atoms with Crippen molar-refractivity contribution in [3.8, 4) is 12.3 Å². The number of aromatic nitrogens is 2. The van der Waals surface area contributed by atoms with E-state index in [1.807, 2.05) is 20.2 Å². The topological polar surface area (TPSA) is 17.8 Å². The van der Waals surface area contributed by atoms with Gasteiger partial charge in [-0.2, -0.15) is 5.10 Å². The van der Waals surface area contributed by atoms with E-state index in [2.05, 4.69) is 11.0 Å². The van der Waals surface area contributed by atoms with Crippen LogP contribution in [0.2, 0.25) is 0 Å². The molecule has 2 nitrogen and oxygen atoms in total. The van der Waals surface area contributed by atoms with Crippen molar-refractivity contribution in [2.45, 2.75) is 14.4 Å². The zero-order chi connectivity index (χ0) is 6.85. The van der Waals surface area contributed by atoms with Gasteiger partial charge in [0.1, 0.15) is 0 Å². The van der Waals surface area contributed by atoms with Gasteiger partial charge in [0.25, 0.3) is 0 Å². The minimum absolute atomic E-state index is 0. The van der Waals surface area contributed by atoms with Gasteiger partial charge in [0.2, 0.25) is 0 Å². The largest absolute Gasteiger partial charge is 0.274 e.